The average molecular weight is 261 g/mol. The molecule has 4 nitrogen and oxygen atoms in total. The Hall–Kier alpha value is -2.10. The minimum atomic E-state index is -1.13. The maximum absolute atomic E-state index is 11.5. The average Bonchev–Trinajstić information content (AvgIpc) is 2.35. The fourth-order valence-corrected chi connectivity index (χ4v) is 1.69. The van der Waals surface area contributed by atoms with Gasteiger partial charge in [-0.2, -0.15) is 0 Å². The van der Waals surface area contributed by atoms with Crippen molar-refractivity contribution in [2.24, 2.45) is 0 Å². The normalized spacial score (nSPS) is 11.5. The van der Waals surface area contributed by atoms with Crippen molar-refractivity contribution < 1.29 is 14.7 Å². The first-order valence-electron chi connectivity index (χ1n) is 6.16. The highest BCUT2D eigenvalue weighted by Gasteiger charge is 2.19. The molecule has 1 amide bonds. The molecule has 19 heavy (non-hydrogen) atoms. The fraction of sp³-hybridized carbons (Fsp3) is 0.333. The molecule has 0 aliphatic carbocycles. The van der Waals surface area contributed by atoms with Crippen molar-refractivity contribution in [3.05, 3.63) is 48.0 Å². The van der Waals surface area contributed by atoms with Crippen molar-refractivity contribution in [3.63, 3.8) is 0 Å². The van der Waals surface area contributed by atoms with Crippen molar-refractivity contribution in [2.45, 2.75) is 32.2 Å². The summed E-state index contributed by atoms with van der Waals surface area (Å²) < 4.78 is 0. The quantitative estimate of drug-likeness (QED) is 0.771. The highest BCUT2D eigenvalue weighted by molar-refractivity contribution is 5.94. The zero-order valence-electron chi connectivity index (χ0n) is 11.2. The zero-order valence-corrected chi connectivity index (χ0v) is 11.2. The monoisotopic (exact) mass is 261 g/mol. The van der Waals surface area contributed by atoms with E-state index in [9.17, 15) is 9.59 Å². The van der Waals surface area contributed by atoms with E-state index in [1.807, 2.05) is 44.2 Å². The number of carboxylic acid groups (broad SMARTS) is 1. The van der Waals surface area contributed by atoms with Gasteiger partial charge in [0.05, 0.1) is 0 Å². The number of hydrogen-bond donors (Lipinski definition) is 2. The third kappa shape index (κ3) is 6.41. The molecular weight excluding hydrogens is 242 g/mol. The minimum absolute atomic E-state index is 0.379. The summed E-state index contributed by atoms with van der Waals surface area (Å²) in [5, 5.41) is 11.2. The number of rotatable bonds is 6. The van der Waals surface area contributed by atoms with Gasteiger partial charge in [0.1, 0.15) is 0 Å². The largest absolute Gasteiger partial charge is 0.478 e. The number of aryl methyl sites for hydroxylation is 1. The summed E-state index contributed by atoms with van der Waals surface area (Å²) in [5.41, 5.74) is 0.835. The van der Waals surface area contributed by atoms with Gasteiger partial charge >= 0.3 is 5.97 Å². The van der Waals surface area contributed by atoms with Gasteiger partial charge in [-0.1, -0.05) is 30.3 Å². The molecule has 0 fully saturated rings. The number of carboxylic acids is 1. The predicted molar refractivity (Wildman–Crippen MR) is 73.8 cm³/mol. The van der Waals surface area contributed by atoms with E-state index >= 15 is 0 Å². The van der Waals surface area contributed by atoms with Gasteiger partial charge < -0.3 is 10.4 Å². The van der Waals surface area contributed by atoms with E-state index < -0.39 is 5.97 Å². The van der Waals surface area contributed by atoms with Crippen molar-refractivity contribution in [1.82, 2.24) is 5.32 Å². The number of carbonyl (C=O) groups excluding carboxylic acids is 1. The molecule has 0 radical (unpaired) electrons. The van der Waals surface area contributed by atoms with Crippen molar-refractivity contribution in [2.75, 3.05) is 0 Å². The van der Waals surface area contributed by atoms with Gasteiger partial charge in [-0.25, -0.2) is 4.79 Å². The first-order valence-corrected chi connectivity index (χ1v) is 6.16. The first-order chi connectivity index (χ1) is 8.89. The maximum atomic E-state index is 11.5. The van der Waals surface area contributed by atoms with Gasteiger partial charge in [-0.05, 0) is 32.3 Å². The molecule has 0 aromatic heterocycles. The Bertz CT molecular complexity index is 464. The Labute approximate surface area is 113 Å². The zero-order chi connectivity index (χ0) is 14.3. The van der Waals surface area contributed by atoms with Crippen LogP contribution >= 0.6 is 0 Å². The third-order valence-corrected chi connectivity index (χ3v) is 2.72. The molecular formula is C15H19NO3. The number of benzene rings is 1. The van der Waals surface area contributed by atoms with Crippen LogP contribution in [-0.4, -0.2) is 22.5 Å². The molecule has 0 bridgehead atoms. The van der Waals surface area contributed by atoms with Crippen LogP contribution in [0.5, 0.6) is 0 Å². The highest BCUT2D eigenvalue weighted by Crippen LogP contribution is 2.13. The molecule has 102 valence electrons. The van der Waals surface area contributed by atoms with Crippen LogP contribution in [0.25, 0.3) is 0 Å². The molecule has 1 rings (SSSR count). The van der Waals surface area contributed by atoms with E-state index in [-0.39, 0.29) is 11.4 Å². The van der Waals surface area contributed by atoms with Crippen LogP contribution in [0.15, 0.2) is 42.5 Å². The molecule has 1 aromatic rings. The summed E-state index contributed by atoms with van der Waals surface area (Å²) >= 11 is 0. The number of aliphatic carboxylic acids is 1. The Kier molecular flexibility index (Phi) is 5.30. The molecule has 0 aliphatic heterocycles. The molecule has 0 unspecified atom stereocenters. The summed E-state index contributed by atoms with van der Waals surface area (Å²) in [4.78, 5) is 21.8. The Morgan fingerprint density at radius 3 is 2.42 bits per heavy atom. The maximum Gasteiger partial charge on any atom is 0.328 e. The lowest BCUT2D eigenvalue weighted by atomic mass is 9.95. The van der Waals surface area contributed by atoms with Gasteiger partial charge in [0.2, 0.25) is 5.91 Å². The van der Waals surface area contributed by atoms with E-state index in [1.165, 1.54) is 5.56 Å². The van der Waals surface area contributed by atoms with Crippen molar-refractivity contribution in [1.29, 1.82) is 0 Å². The lowest BCUT2D eigenvalue weighted by Crippen LogP contribution is -2.43. The Balaban J connectivity index is 2.47. The van der Waals surface area contributed by atoms with Gasteiger partial charge in [-0.3, -0.25) is 4.79 Å². The van der Waals surface area contributed by atoms with Crippen LogP contribution in [0, 0.1) is 0 Å². The number of amides is 1. The van der Waals surface area contributed by atoms with Crippen LogP contribution in [0.2, 0.25) is 0 Å². The van der Waals surface area contributed by atoms with Crippen LogP contribution < -0.4 is 5.32 Å². The molecule has 0 atom stereocenters. The molecule has 4 heteroatoms. The van der Waals surface area contributed by atoms with Gasteiger partial charge in [0.15, 0.2) is 0 Å². The van der Waals surface area contributed by atoms with Crippen LogP contribution in [0.3, 0.4) is 0 Å². The van der Waals surface area contributed by atoms with Gasteiger partial charge in [-0.15, -0.1) is 0 Å². The molecule has 2 N–H and O–H groups in total. The second-order valence-corrected chi connectivity index (χ2v) is 5.03. The number of hydrogen-bond acceptors (Lipinski definition) is 2. The van der Waals surface area contributed by atoms with Crippen LogP contribution in [0.4, 0.5) is 0 Å². The fourth-order valence-electron chi connectivity index (χ4n) is 1.69. The SMILES string of the molecule is CC(C)(CCc1ccccc1)NC(=O)/C=C/C(=O)O. The van der Waals surface area contributed by atoms with Gasteiger partial charge in [0, 0.05) is 17.7 Å². The first kappa shape index (κ1) is 15.0. The predicted octanol–water partition coefficient (Wildman–Crippen LogP) is 2.15. The van der Waals surface area contributed by atoms with Gasteiger partial charge in [0.25, 0.3) is 0 Å². The molecule has 0 heterocycles. The summed E-state index contributed by atoms with van der Waals surface area (Å²) in [6.07, 6.45) is 3.51. The molecule has 1 aromatic carbocycles. The second-order valence-electron chi connectivity index (χ2n) is 5.03. The Morgan fingerprint density at radius 2 is 1.84 bits per heavy atom. The second kappa shape index (κ2) is 6.73. The number of nitrogens with one attached hydrogen (secondary N) is 1. The van der Waals surface area contributed by atoms with E-state index in [1.54, 1.807) is 0 Å². The Morgan fingerprint density at radius 1 is 1.21 bits per heavy atom. The lowest BCUT2D eigenvalue weighted by Gasteiger charge is -2.25. The molecule has 0 saturated heterocycles. The molecule has 0 spiro atoms. The summed E-state index contributed by atoms with van der Waals surface area (Å²) in [7, 11) is 0. The number of carbonyl (C=O) groups is 2. The summed E-state index contributed by atoms with van der Waals surface area (Å²) in [6, 6.07) is 10.0. The van der Waals surface area contributed by atoms with Crippen molar-refractivity contribution in [3.8, 4) is 0 Å². The van der Waals surface area contributed by atoms with Crippen LogP contribution in [-0.2, 0) is 16.0 Å². The summed E-state index contributed by atoms with van der Waals surface area (Å²) in [6.45, 7) is 3.84. The lowest BCUT2D eigenvalue weighted by molar-refractivity contribution is -0.131. The smallest absolute Gasteiger partial charge is 0.328 e. The molecule has 0 saturated carbocycles. The summed E-state index contributed by atoms with van der Waals surface area (Å²) in [5.74, 6) is -1.52. The topological polar surface area (TPSA) is 66.4 Å². The van der Waals surface area contributed by atoms with E-state index in [2.05, 4.69) is 5.32 Å². The minimum Gasteiger partial charge on any atom is -0.478 e. The highest BCUT2D eigenvalue weighted by atomic mass is 16.4. The van der Waals surface area contributed by atoms with E-state index in [0.29, 0.717) is 0 Å². The standard InChI is InChI=1S/C15H19NO3/c1-15(2,16-13(17)8-9-14(18)19)11-10-12-6-4-3-5-7-12/h3-9H,10-11H2,1-2H3,(H,16,17)(H,18,19)/b9-8+. The van der Waals surface area contributed by atoms with Crippen molar-refractivity contribution >= 4 is 11.9 Å². The van der Waals surface area contributed by atoms with Crippen LogP contribution in [0.1, 0.15) is 25.8 Å². The molecule has 0 aliphatic rings. The van der Waals surface area contributed by atoms with E-state index in [4.69, 9.17) is 5.11 Å². The van der Waals surface area contributed by atoms with E-state index in [0.717, 1.165) is 25.0 Å². The third-order valence-electron chi connectivity index (χ3n) is 2.72.